The van der Waals surface area contributed by atoms with Crippen molar-refractivity contribution in [3.63, 3.8) is 0 Å². The maximum absolute atomic E-state index is 12.2. The standard InChI is InChI=1S/C14H18N2O2S/c1-2-11(8-13(15)19)16-14(17)10-3-4-12-9(7-10)5-6-18-12/h3-4,7,11H,2,5-6,8H2,1H3,(H2,15,19)(H,16,17). The first-order valence-electron chi connectivity index (χ1n) is 6.45. The van der Waals surface area contributed by atoms with Crippen molar-refractivity contribution in [3.8, 4) is 5.75 Å². The first-order valence-corrected chi connectivity index (χ1v) is 6.86. The molecule has 0 aromatic heterocycles. The van der Waals surface area contributed by atoms with Gasteiger partial charge in [0.2, 0.25) is 0 Å². The summed E-state index contributed by atoms with van der Waals surface area (Å²) >= 11 is 4.88. The largest absolute Gasteiger partial charge is 0.493 e. The van der Waals surface area contributed by atoms with Crippen molar-refractivity contribution >= 4 is 23.1 Å². The Morgan fingerprint density at radius 3 is 3.05 bits per heavy atom. The van der Waals surface area contributed by atoms with Crippen LogP contribution in [0.3, 0.4) is 0 Å². The number of fused-ring (bicyclic) bond motifs is 1. The predicted octanol–water partition coefficient (Wildman–Crippen LogP) is 1.81. The fraction of sp³-hybridized carbons (Fsp3) is 0.429. The van der Waals surface area contributed by atoms with Gasteiger partial charge in [0.15, 0.2) is 0 Å². The lowest BCUT2D eigenvalue weighted by molar-refractivity contribution is 0.0937. The third-order valence-electron chi connectivity index (χ3n) is 3.23. The van der Waals surface area contributed by atoms with Gasteiger partial charge in [0.1, 0.15) is 5.75 Å². The molecule has 2 rings (SSSR count). The van der Waals surface area contributed by atoms with E-state index in [1.807, 2.05) is 19.1 Å². The van der Waals surface area contributed by atoms with Crippen LogP contribution in [-0.4, -0.2) is 23.5 Å². The van der Waals surface area contributed by atoms with E-state index in [2.05, 4.69) is 5.32 Å². The monoisotopic (exact) mass is 278 g/mol. The molecule has 4 nitrogen and oxygen atoms in total. The van der Waals surface area contributed by atoms with Gasteiger partial charge in [0.25, 0.3) is 5.91 Å². The van der Waals surface area contributed by atoms with Gasteiger partial charge >= 0.3 is 0 Å². The van der Waals surface area contributed by atoms with E-state index in [0.717, 1.165) is 24.2 Å². The summed E-state index contributed by atoms with van der Waals surface area (Å²) < 4.78 is 5.42. The van der Waals surface area contributed by atoms with Crippen LogP contribution in [0.25, 0.3) is 0 Å². The molecule has 1 atom stereocenters. The number of carbonyl (C=O) groups excluding carboxylic acids is 1. The molecule has 1 aromatic carbocycles. The van der Waals surface area contributed by atoms with E-state index < -0.39 is 0 Å². The Balaban J connectivity index is 2.05. The molecular formula is C14H18N2O2S. The number of benzene rings is 1. The molecule has 0 spiro atoms. The van der Waals surface area contributed by atoms with E-state index in [1.54, 1.807) is 6.07 Å². The van der Waals surface area contributed by atoms with Crippen LogP contribution in [0.1, 0.15) is 35.7 Å². The molecule has 1 amide bonds. The van der Waals surface area contributed by atoms with Gasteiger partial charge in [0.05, 0.1) is 11.6 Å². The topological polar surface area (TPSA) is 64.3 Å². The summed E-state index contributed by atoms with van der Waals surface area (Å²) in [5, 5.41) is 2.96. The Hall–Kier alpha value is -1.62. The van der Waals surface area contributed by atoms with Gasteiger partial charge in [-0.1, -0.05) is 19.1 Å². The van der Waals surface area contributed by atoms with Crippen LogP contribution in [0, 0.1) is 0 Å². The Morgan fingerprint density at radius 2 is 2.37 bits per heavy atom. The number of thiocarbonyl (C=S) groups is 1. The highest BCUT2D eigenvalue weighted by Crippen LogP contribution is 2.25. The highest BCUT2D eigenvalue weighted by molar-refractivity contribution is 7.80. The molecule has 0 saturated carbocycles. The molecule has 5 heteroatoms. The first-order chi connectivity index (χ1) is 9.10. The highest BCUT2D eigenvalue weighted by Gasteiger charge is 2.17. The third-order valence-corrected chi connectivity index (χ3v) is 3.39. The fourth-order valence-electron chi connectivity index (χ4n) is 2.14. The van der Waals surface area contributed by atoms with Crippen molar-refractivity contribution in [1.82, 2.24) is 5.32 Å². The summed E-state index contributed by atoms with van der Waals surface area (Å²) in [6, 6.07) is 5.53. The Kier molecular flexibility index (Phi) is 4.37. The smallest absolute Gasteiger partial charge is 0.251 e. The molecule has 1 aliphatic heterocycles. The second-order valence-electron chi connectivity index (χ2n) is 4.67. The second-order valence-corrected chi connectivity index (χ2v) is 5.19. The fourth-order valence-corrected chi connectivity index (χ4v) is 2.34. The van der Waals surface area contributed by atoms with E-state index >= 15 is 0 Å². The van der Waals surface area contributed by atoms with Crippen molar-refractivity contribution in [2.75, 3.05) is 6.61 Å². The van der Waals surface area contributed by atoms with Crippen molar-refractivity contribution < 1.29 is 9.53 Å². The molecule has 0 fully saturated rings. The maximum atomic E-state index is 12.2. The van der Waals surface area contributed by atoms with Gasteiger partial charge in [-0.3, -0.25) is 4.79 Å². The molecule has 0 aliphatic carbocycles. The van der Waals surface area contributed by atoms with Crippen LogP contribution in [0.2, 0.25) is 0 Å². The van der Waals surface area contributed by atoms with Crippen molar-refractivity contribution in [2.45, 2.75) is 32.2 Å². The molecule has 1 heterocycles. The van der Waals surface area contributed by atoms with E-state index in [9.17, 15) is 4.79 Å². The average molecular weight is 278 g/mol. The molecule has 3 N–H and O–H groups in total. The van der Waals surface area contributed by atoms with Gasteiger partial charge in [-0.15, -0.1) is 0 Å². The minimum atomic E-state index is -0.0854. The average Bonchev–Trinajstić information content (AvgIpc) is 2.84. The minimum Gasteiger partial charge on any atom is -0.493 e. The van der Waals surface area contributed by atoms with Crippen LogP contribution in [0.4, 0.5) is 0 Å². The number of hydrogen-bond acceptors (Lipinski definition) is 3. The quantitative estimate of drug-likeness (QED) is 0.806. The summed E-state index contributed by atoms with van der Waals surface area (Å²) in [5.41, 5.74) is 7.27. The number of rotatable bonds is 5. The second kappa shape index (κ2) is 6.02. The molecule has 0 radical (unpaired) electrons. The van der Waals surface area contributed by atoms with E-state index in [-0.39, 0.29) is 11.9 Å². The van der Waals surface area contributed by atoms with Gasteiger partial charge in [-0.05, 0) is 30.2 Å². The lowest BCUT2D eigenvalue weighted by Crippen LogP contribution is -2.37. The van der Waals surface area contributed by atoms with E-state index in [4.69, 9.17) is 22.7 Å². The zero-order valence-electron chi connectivity index (χ0n) is 10.9. The number of hydrogen-bond donors (Lipinski definition) is 2. The number of ether oxygens (including phenoxy) is 1. The predicted molar refractivity (Wildman–Crippen MR) is 78.6 cm³/mol. The lowest BCUT2D eigenvalue weighted by Gasteiger charge is -2.16. The molecule has 1 aliphatic rings. The SMILES string of the molecule is CCC(CC(N)=S)NC(=O)c1ccc2c(c1)CCO2. The Bertz CT molecular complexity index is 502. The number of nitrogens with two attached hydrogens (primary N) is 1. The molecule has 102 valence electrons. The minimum absolute atomic E-state index is 0.00509. The van der Waals surface area contributed by atoms with Crippen LogP contribution in [0.15, 0.2) is 18.2 Å². The molecule has 1 aromatic rings. The van der Waals surface area contributed by atoms with Crippen molar-refractivity contribution in [2.24, 2.45) is 5.73 Å². The molecule has 0 saturated heterocycles. The Labute approximate surface area is 118 Å². The molecule has 1 unspecified atom stereocenters. The zero-order chi connectivity index (χ0) is 13.8. The van der Waals surface area contributed by atoms with Crippen molar-refractivity contribution in [3.05, 3.63) is 29.3 Å². The van der Waals surface area contributed by atoms with Gasteiger partial charge in [0, 0.05) is 24.4 Å². The number of nitrogens with one attached hydrogen (secondary N) is 1. The summed E-state index contributed by atoms with van der Waals surface area (Å²) in [4.78, 5) is 12.6. The highest BCUT2D eigenvalue weighted by atomic mass is 32.1. The van der Waals surface area contributed by atoms with Crippen molar-refractivity contribution in [1.29, 1.82) is 0 Å². The number of amides is 1. The molecule has 19 heavy (non-hydrogen) atoms. The number of carbonyl (C=O) groups is 1. The van der Waals surface area contributed by atoms with Gasteiger partial charge < -0.3 is 15.8 Å². The first kappa shape index (κ1) is 13.8. The van der Waals surface area contributed by atoms with Crippen LogP contribution in [0.5, 0.6) is 5.75 Å². The Morgan fingerprint density at radius 1 is 1.58 bits per heavy atom. The summed E-state index contributed by atoms with van der Waals surface area (Å²) in [6.45, 7) is 2.69. The summed E-state index contributed by atoms with van der Waals surface area (Å²) in [6.07, 6.45) is 2.20. The normalized spacial score (nSPS) is 14.4. The maximum Gasteiger partial charge on any atom is 0.251 e. The van der Waals surface area contributed by atoms with Crippen LogP contribution in [-0.2, 0) is 6.42 Å². The molecule has 0 bridgehead atoms. The lowest BCUT2D eigenvalue weighted by atomic mass is 10.1. The molecular weight excluding hydrogens is 260 g/mol. The van der Waals surface area contributed by atoms with E-state index in [0.29, 0.717) is 23.6 Å². The van der Waals surface area contributed by atoms with Gasteiger partial charge in [-0.25, -0.2) is 0 Å². The summed E-state index contributed by atoms with van der Waals surface area (Å²) in [7, 11) is 0. The van der Waals surface area contributed by atoms with E-state index in [1.165, 1.54) is 0 Å². The van der Waals surface area contributed by atoms with Crippen LogP contribution < -0.4 is 15.8 Å². The van der Waals surface area contributed by atoms with Gasteiger partial charge in [-0.2, -0.15) is 0 Å². The third kappa shape index (κ3) is 3.44. The zero-order valence-corrected chi connectivity index (χ0v) is 11.8. The van der Waals surface area contributed by atoms with Crippen LogP contribution >= 0.6 is 12.2 Å². The summed E-state index contributed by atoms with van der Waals surface area (Å²) in [5.74, 6) is 0.796.